The minimum Gasteiger partial charge on any atom is -0.299 e. The quantitative estimate of drug-likeness (QED) is 0.561. The molecule has 10 heavy (non-hydrogen) atoms. The molecule has 0 amide bonds. The summed E-state index contributed by atoms with van der Waals surface area (Å²) in [7, 11) is 0. The second-order valence-electron chi connectivity index (χ2n) is 2.64. The van der Waals surface area contributed by atoms with Gasteiger partial charge >= 0.3 is 6.18 Å². The molecule has 0 N–H and O–H groups in total. The zero-order valence-electron chi connectivity index (χ0n) is 5.46. The van der Waals surface area contributed by atoms with Crippen molar-refractivity contribution in [1.82, 2.24) is 0 Å². The number of carbonyl (C=O) groups is 1. The Morgan fingerprint density at radius 3 is 1.80 bits per heavy atom. The summed E-state index contributed by atoms with van der Waals surface area (Å²) < 4.78 is 35.8. The van der Waals surface area contributed by atoms with Crippen LogP contribution in [0.4, 0.5) is 13.2 Å². The first-order valence-corrected chi connectivity index (χ1v) is 2.98. The van der Waals surface area contributed by atoms with Gasteiger partial charge < -0.3 is 0 Å². The molecule has 0 spiro atoms. The van der Waals surface area contributed by atoms with Gasteiger partial charge in [-0.25, -0.2) is 0 Å². The number of carbonyl (C=O) groups excluding carboxylic acids is 1. The van der Waals surface area contributed by atoms with Crippen molar-refractivity contribution >= 4 is 5.78 Å². The molecule has 58 valence electrons. The van der Waals surface area contributed by atoms with Crippen LogP contribution in [0.1, 0.15) is 19.8 Å². The maximum Gasteiger partial charge on any atom is 0.401 e. The second-order valence-corrected chi connectivity index (χ2v) is 2.64. The summed E-state index contributed by atoms with van der Waals surface area (Å²) in [6.45, 7) is 1.00. The summed E-state index contributed by atoms with van der Waals surface area (Å²) in [6, 6.07) is 0. The molecule has 0 aromatic rings. The predicted octanol–water partition coefficient (Wildman–Crippen LogP) is 1.92. The molecule has 0 radical (unpaired) electrons. The topological polar surface area (TPSA) is 17.1 Å². The van der Waals surface area contributed by atoms with Crippen molar-refractivity contribution < 1.29 is 18.0 Å². The Labute approximate surface area is 56.2 Å². The molecule has 0 atom stereocenters. The van der Waals surface area contributed by atoms with Gasteiger partial charge in [-0.15, -0.1) is 0 Å². The fourth-order valence-corrected chi connectivity index (χ4v) is 0.960. The third-order valence-corrected chi connectivity index (χ3v) is 1.97. The largest absolute Gasteiger partial charge is 0.401 e. The lowest BCUT2D eigenvalue weighted by molar-refractivity contribution is -0.189. The van der Waals surface area contributed by atoms with Gasteiger partial charge in [0.05, 0.1) is 0 Å². The van der Waals surface area contributed by atoms with Crippen LogP contribution in [0, 0.1) is 5.41 Å². The van der Waals surface area contributed by atoms with Crippen molar-refractivity contribution in [2.24, 2.45) is 5.41 Å². The van der Waals surface area contributed by atoms with Crippen LogP contribution < -0.4 is 0 Å². The maximum atomic E-state index is 11.9. The molecule has 0 saturated heterocycles. The molecule has 1 aliphatic rings. The van der Waals surface area contributed by atoms with Crippen molar-refractivity contribution in [3.8, 4) is 0 Å². The molecule has 1 rings (SSSR count). The molecule has 0 aliphatic heterocycles. The fraction of sp³-hybridized carbons (Fsp3) is 0.833. The van der Waals surface area contributed by atoms with Crippen LogP contribution in [0.25, 0.3) is 0 Å². The van der Waals surface area contributed by atoms with E-state index in [-0.39, 0.29) is 12.8 Å². The SMILES string of the molecule is CC(=O)C1(C(F)(F)F)CC1. The third kappa shape index (κ3) is 0.822. The van der Waals surface area contributed by atoms with E-state index in [4.69, 9.17) is 0 Å². The lowest BCUT2D eigenvalue weighted by atomic mass is 10.0. The Morgan fingerprint density at radius 2 is 1.80 bits per heavy atom. The molecule has 0 aromatic carbocycles. The summed E-state index contributed by atoms with van der Waals surface area (Å²) >= 11 is 0. The van der Waals surface area contributed by atoms with Crippen LogP contribution in [-0.4, -0.2) is 12.0 Å². The van der Waals surface area contributed by atoms with Gasteiger partial charge in [-0.3, -0.25) is 4.79 Å². The number of alkyl halides is 3. The van der Waals surface area contributed by atoms with Gasteiger partial charge in [0.2, 0.25) is 0 Å². The minimum absolute atomic E-state index is 0.0220. The van der Waals surface area contributed by atoms with Crippen LogP contribution in [-0.2, 0) is 4.79 Å². The van der Waals surface area contributed by atoms with Gasteiger partial charge in [-0.2, -0.15) is 13.2 Å². The highest BCUT2D eigenvalue weighted by atomic mass is 19.4. The van der Waals surface area contributed by atoms with E-state index < -0.39 is 17.4 Å². The Kier molecular flexibility index (Phi) is 1.31. The van der Waals surface area contributed by atoms with Gasteiger partial charge in [0, 0.05) is 0 Å². The van der Waals surface area contributed by atoms with E-state index >= 15 is 0 Å². The van der Waals surface area contributed by atoms with Crippen molar-refractivity contribution in [3.63, 3.8) is 0 Å². The van der Waals surface area contributed by atoms with Crippen LogP contribution in [0.15, 0.2) is 0 Å². The number of halogens is 3. The van der Waals surface area contributed by atoms with E-state index in [0.717, 1.165) is 6.92 Å². The molecule has 1 fully saturated rings. The summed E-state index contributed by atoms with van der Waals surface area (Å²) in [5.74, 6) is -0.750. The average molecular weight is 152 g/mol. The Morgan fingerprint density at radius 1 is 1.40 bits per heavy atom. The van der Waals surface area contributed by atoms with E-state index in [1.54, 1.807) is 0 Å². The molecule has 0 heterocycles. The number of rotatable bonds is 1. The molecule has 0 unspecified atom stereocenters. The molecule has 0 aromatic heterocycles. The lowest BCUT2D eigenvalue weighted by Gasteiger charge is -2.14. The first kappa shape index (κ1) is 7.57. The summed E-state index contributed by atoms with van der Waals surface area (Å²) in [4.78, 5) is 10.5. The van der Waals surface area contributed by atoms with E-state index in [1.807, 2.05) is 0 Å². The van der Waals surface area contributed by atoms with Crippen LogP contribution in [0.5, 0.6) is 0 Å². The van der Waals surface area contributed by atoms with Crippen molar-refractivity contribution in [1.29, 1.82) is 0 Å². The first-order chi connectivity index (χ1) is 4.40. The maximum absolute atomic E-state index is 11.9. The van der Waals surface area contributed by atoms with E-state index in [1.165, 1.54) is 0 Å². The second kappa shape index (κ2) is 1.74. The zero-order valence-corrected chi connectivity index (χ0v) is 5.46. The van der Waals surface area contributed by atoms with Crippen molar-refractivity contribution in [3.05, 3.63) is 0 Å². The number of ketones is 1. The van der Waals surface area contributed by atoms with Crippen molar-refractivity contribution in [2.75, 3.05) is 0 Å². The normalized spacial score (nSPS) is 22.4. The third-order valence-electron chi connectivity index (χ3n) is 1.97. The fourth-order valence-electron chi connectivity index (χ4n) is 0.960. The van der Waals surface area contributed by atoms with Gasteiger partial charge in [0.25, 0.3) is 0 Å². The molecular weight excluding hydrogens is 145 g/mol. The average Bonchev–Trinajstić information content (AvgIpc) is 2.36. The van der Waals surface area contributed by atoms with E-state index in [9.17, 15) is 18.0 Å². The standard InChI is InChI=1S/C6H7F3O/c1-4(10)5(2-3-5)6(7,8)9/h2-3H2,1H3. The van der Waals surface area contributed by atoms with Gasteiger partial charge in [0.15, 0.2) is 0 Å². The summed E-state index contributed by atoms with van der Waals surface area (Å²) in [6.07, 6.45) is -4.36. The molecule has 1 saturated carbocycles. The highest BCUT2D eigenvalue weighted by molar-refractivity contribution is 5.85. The Hall–Kier alpha value is -0.540. The van der Waals surface area contributed by atoms with Crippen LogP contribution >= 0.6 is 0 Å². The molecule has 0 bridgehead atoms. The van der Waals surface area contributed by atoms with Gasteiger partial charge in [0.1, 0.15) is 11.2 Å². The van der Waals surface area contributed by atoms with Crippen LogP contribution in [0.2, 0.25) is 0 Å². The monoisotopic (exact) mass is 152 g/mol. The predicted molar refractivity (Wildman–Crippen MR) is 28.4 cm³/mol. The smallest absolute Gasteiger partial charge is 0.299 e. The van der Waals surface area contributed by atoms with Crippen molar-refractivity contribution in [2.45, 2.75) is 25.9 Å². The van der Waals surface area contributed by atoms with Gasteiger partial charge in [-0.05, 0) is 19.8 Å². The lowest BCUT2D eigenvalue weighted by Crippen LogP contribution is -2.30. The van der Waals surface area contributed by atoms with Gasteiger partial charge in [-0.1, -0.05) is 0 Å². The van der Waals surface area contributed by atoms with Crippen LogP contribution in [0.3, 0.4) is 0 Å². The molecular formula is C6H7F3O. The minimum atomic E-state index is -4.32. The van der Waals surface area contributed by atoms with E-state index in [2.05, 4.69) is 0 Å². The molecule has 1 aliphatic carbocycles. The Bertz CT molecular complexity index is 166. The summed E-state index contributed by atoms with van der Waals surface area (Å²) in [5, 5.41) is 0. The highest BCUT2D eigenvalue weighted by Crippen LogP contribution is 2.57. The van der Waals surface area contributed by atoms with E-state index in [0.29, 0.717) is 0 Å². The number of hydrogen-bond donors (Lipinski definition) is 0. The zero-order chi connectivity index (χ0) is 7.99. The molecule has 4 heteroatoms. The highest BCUT2D eigenvalue weighted by Gasteiger charge is 2.66. The molecule has 1 nitrogen and oxygen atoms in total. The number of Topliss-reactive ketones (excluding diaryl/α,β-unsaturated/α-hetero) is 1. The summed E-state index contributed by atoms with van der Waals surface area (Å²) in [5.41, 5.74) is -1.95. The number of hydrogen-bond acceptors (Lipinski definition) is 1. The Balaban J connectivity index is 2.80. The first-order valence-electron chi connectivity index (χ1n) is 2.98.